The number of nitrogens with zero attached hydrogens (tertiary/aromatic N) is 1. The first-order chi connectivity index (χ1) is 9.22. The minimum Gasteiger partial charge on any atom is -0.369 e. The molecule has 2 aromatic rings. The van der Waals surface area contributed by atoms with Crippen LogP contribution >= 0.6 is 0 Å². The molecule has 2 heteroatoms. The number of para-hydroxylation sites is 1. The van der Waals surface area contributed by atoms with Gasteiger partial charge in [-0.25, -0.2) is 0 Å². The summed E-state index contributed by atoms with van der Waals surface area (Å²) in [6, 6.07) is 20.3. The molecule has 0 saturated carbocycles. The number of hydrogen-bond donors (Lipinski definition) is 1. The van der Waals surface area contributed by atoms with Crippen molar-refractivity contribution in [2.75, 3.05) is 5.32 Å². The topological polar surface area (TPSA) is 35.8 Å². The monoisotopic (exact) mass is 250 g/mol. The van der Waals surface area contributed by atoms with Crippen molar-refractivity contribution in [2.24, 2.45) is 0 Å². The summed E-state index contributed by atoms with van der Waals surface area (Å²) in [6.45, 7) is 4.12. The van der Waals surface area contributed by atoms with Crippen molar-refractivity contribution < 1.29 is 0 Å². The molecule has 19 heavy (non-hydrogen) atoms. The van der Waals surface area contributed by atoms with Gasteiger partial charge in [0, 0.05) is 11.6 Å². The van der Waals surface area contributed by atoms with Crippen LogP contribution in [0.3, 0.4) is 0 Å². The second-order valence-electron chi connectivity index (χ2n) is 4.77. The molecule has 0 aliphatic heterocycles. The Hall–Kier alpha value is -2.27. The molecule has 0 bridgehead atoms. The van der Waals surface area contributed by atoms with E-state index in [-0.39, 0.29) is 12.0 Å². The summed E-state index contributed by atoms with van der Waals surface area (Å²) in [5.74, 6) is 0.144. The van der Waals surface area contributed by atoms with Crippen LogP contribution in [0.15, 0.2) is 54.6 Å². The quantitative estimate of drug-likeness (QED) is 0.886. The lowest BCUT2D eigenvalue weighted by Crippen LogP contribution is -2.24. The van der Waals surface area contributed by atoms with Gasteiger partial charge in [-0.3, -0.25) is 0 Å². The predicted octanol–water partition coefficient (Wildman–Crippen LogP) is 4.10. The summed E-state index contributed by atoms with van der Waals surface area (Å²) < 4.78 is 0. The lowest BCUT2D eigenvalue weighted by molar-refractivity contribution is 0.709. The van der Waals surface area contributed by atoms with E-state index in [9.17, 15) is 5.26 Å². The van der Waals surface area contributed by atoms with E-state index >= 15 is 0 Å². The van der Waals surface area contributed by atoms with Crippen LogP contribution in [0, 0.1) is 18.3 Å². The van der Waals surface area contributed by atoms with Crippen LogP contribution in [0.4, 0.5) is 5.69 Å². The number of nitrogens with one attached hydrogen (secondary N) is 1. The minimum atomic E-state index is -0.233. The first-order valence-electron chi connectivity index (χ1n) is 6.49. The van der Waals surface area contributed by atoms with Crippen molar-refractivity contribution in [1.29, 1.82) is 5.26 Å². The van der Waals surface area contributed by atoms with Crippen LogP contribution in [0.25, 0.3) is 0 Å². The highest BCUT2D eigenvalue weighted by Crippen LogP contribution is 2.23. The Morgan fingerprint density at radius 3 is 2.26 bits per heavy atom. The van der Waals surface area contributed by atoms with E-state index < -0.39 is 0 Å². The van der Waals surface area contributed by atoms with Crippen LogP contribution in [0.5, 0.6) is 0 Å². The van der Waals surface area contributed by atoms with Crippen LogP contribution in [-0.4, -0.2) is 6.04 Å². The van der Waals surface area contributed by atoms with Crippen molar-refractivity contribution in [3.63, 3.8) is 0 Å². The normalized spacial score (nSPS) is 13.3. The minimum absolute atomic E-state index is 0.144. The zero-order valence-corrected chi connectivity index (χ0v) is 11.3. The van der Waals surface area contributed by atoms with Gasteiger partial charge >= 0.3 is 0 Å². The maximum atomic E-state index is 9.40. The summed E-state index contributed by atoms with van der Waals surface area (Å²) >= 11 is 0. The number of benzene rings is 2. The molecule has 0 aromatic heterocycles. The third-order valence-corrected chi connectivity index (χ3v) is 3.42. The van der Waals surface area contributed by atoms with Gasteiger partial charge in [0.1, 0.15) is 6.04 Å². The summed E-state index contributed by atoms with van der Waals surface area (Å²) in [6.07, 6.45) is 0. The molecule has 0 aliphatic carbocycles. The number of aryl methyl sites for hydroxylation is 1. The summed E-state index contributed by atoms with van der Waals surface area (Å²) in [7, 11) is 0. The summed E-state index contributed by atoms with van der Waals surface area (Å²) in [5, 5.41) is 12.7. The van der Waals surface area contributed by atoms with Crippen molar-refractivity contribution in [3.05, 3.63) is 65.7 Å². The molecule has 0 spiro atoms. The van der Waals surface area contributed by atoms with E-state index in [1.165, 1.54) is 5.56 Å². The first-order valence-corrected chi connectivity index (χ1v) is 6.49. The Labute approximate surface area is 114 Å². The van der Waals surface area contributed by atoms with Crippen molar-refractivity contribution in [3.8, 4) is 6.07 Å². The molecule has 0 amide bonds. The molecule has 1 N–H and O–H groups in total. The van der Waals surface area contributed by atoms with Gasteiger partial charge in [0.2, 0.25) is 0 Å². The number of rotatable bonds is 4. The van der Waals surface area contributed by atoms with Gasteiger partial charge in [0.05, 0.1) is 6.07 Å². The molecule has 0 radical (unpaired) electrons. The fourth-order valence-corrected chi connectivity index (χ4v) is 2.12. The third kappa shape index (κ3) is 3.14. The maximum absolute atomic E-state index is 9.40. The lowest BCUT2D eigenvalue weighted by atomic mass is 9.94. The lowest BCUT2D eigenvalue weighted by Gasteiger charge is -2.21. The highest BCUT2D eigenvalue weighted by Gasteiger charge is 2.18. The molecule has 0 aliphatic rings. The van der Waals surface area contributed by atoms with Crippen LogP contribution in [-0.2, 0) is 0 Å². The fraction of sp³-hybridized carbons (Fsp3) is 0.235. The van der Waals surface area contributed by atoms with Crippen LogP contribution < -0.4 is 5.32 Å². The van der Waals surface area contributed by atoms with Gasteiger partial charge < -0.3 is 5.32 Å². The van der Waals surface area contributed by atoms with Crippen LogP contribution in [0.2, 0.25) is 0 Å². The van der Waals surface area contributed by atoms with Gasteiger partial charge in [0.25, 0.3) is 0 Å². The molecule has 96 valence electrons. The molecule has 0 saturated heterocycles. The second kappa shape index (κ2) is 6.06. The SMILES string of the molecule is Cc1ccccc1NC(C#N)C(C)c1ccccc1. The van der Waals surface area contributed by atoms with E-state index in [4.69, 9.17) is 0 Å². The third-order valence-electron chi connectivity index (χ3n) is 3.42. The molecular weight excluding hydrogens is 232 g/mol. The second-order valence-corrected chi connectivity index (χ2v) is 4.77. The predicted molar refractivity (Wildman–Crippen MR) is 79.1 cm³/mol. The van der Waals surface area contributed by atoms with Crippen LogP contribution in [0.1, 0.15) is 24.0 Å². The molecular formula is C17H18N2. The fourth-order valence-electron chi connectivity index (χ4n) is 2.12. The molecule has 2 nitrogen and oxygen atoms in total. The van der Waals surface area contributed by atoms with Crippen molar-refractivity contribution in [2.45, 2.75) is 25.8 Å². The van der Waals surface area contributed by atoms with Crippen molar-refractivity contribution >= 4 is 5.69 Å². The molecule has 2 rings (SSSR count). The summed E-state index contributed by atoms with van der Waals surface area (Å²) in [5.41, 5.74) is 3.36. The van der Waals surface area contributed by atoms with Gasteiger partial charge in [-0.05, 0) is 24.1 Å². The average Bonchev–Trinajstić information content (AvgIpc) is 2.47. The van der Waals surface area contributed by atoms with Crippen molar-refractivity contribution in [1.82, 2.24) is 0 Å². The number of nitriles is 1. The Morgan fingerprint density at radius 1 is 1.00 bits per heavy atom. The Bertz CT molecular complexity index is 569. The van der Waals surface area contributed by atoms with E-state index in [0.717, 1.165) is 11.3 Å². The Kier molecular flexibility index (Phi) is 4.20. The van der Waals surface area contributed by atoms with E-state index in [1.807, 2.05) is 49.4 Å². The largest absolute Gasteiger partial charge is 0.369 e. The number of anilines is 1. The van der Waals surface area contributed by atoms with Gasteiger partial charge in [-0.2, -0.15) is 5.26 Å². The zero-order valence-electron chi connectivity index (χ0n) is 11.3. The van der Waals surface area contributed by atoms with Gasteiger partial charge in [-0.1, -0.05) is 55.5 Å². The van der Waals surface area contributed by atoms with E-state index in [1.54, 1.807) is 0 Å². The van der Waals surface area contributed by atoms with E-state index in [2.05, 4.69) is 30.4 Å². The van der Waals surface area contributed by atoms with Gasteiger partial charge in [0.15, 0.2) is 0 Å². The first kappa shape index (κ1) is 13.2. The zero-order chi connectivity index (χ0) is 13.7. The average molecular weight is 250 g/mol. The highest BCUT2D eigenvalue weighted by molar-refractivity contribution is 5.52. The Morgan fingerprint density at radius 2 is 1.63 bits per heavy atom. The number of hydrogen-bond acceptors (Lipinski definition) is 2. The molecule has 0 heterocycles. The van der Waals surface area contributed by atoms with E-state index in [0.29, 0.717) is 0 Å². The highest BCUT2D eigenvalue weighted by atomic mass is 14.9. The van der Waals surface area contributed by atoms with Gasteiger partial charge in [-0.15, -0.1) is 0 Å². The Balaban J connectivity index is 2.18. The molecule has 2 atom stereocenters. The standard InChI is InChI=1S/C17H18N2/c1-13-8-6-7-11-16(13)19-17(12-18)14(2)15-9-4-3-5-10-15/h3-11,14,17,19H,1-2H3. The molecule has 0 fully saturated rings. The molecule has 2 aromatic carbocycles. The smallest absolute Gasteiger partial charge is 0.121 e. The molecule has 2 unspecified atom stereocenters. The maximum Gasteiger partial charge on any atom is 0.121 e. The summed E-state index contributed by atoms with van der Waals surface area (Å²) in [4.78, 5) is 0.